The highest BCUT2D eigenvalue weighted by atomic mass is 15.3. The molecule has 1 atom stereocenters. The van der Waals surface area contributed by atoms with Crippen molar-refractivity contribution in [2.24, 2.45) is 5.92 Å². The number of nitrogens with zero attached hydrogens (tertiary/aromatic N) is 2. The monoisotopic (exact) mass is 207 g/mol. The third kappa shape index (κ3) is 4.04. The highest BCUT2D eigenvalue weighted by Gasteiger charge is 2.22. The van der Waals surface area contributed by atoms with Crippen LogP contribution < -0.4 is 5.32 Å². The van der Waals surface area contributed by atoms with E-state index in [1.54, 1.807) is 0 Å². The smallest absolute Gasteiger partial charge is 0.0489 e. The first-order valence-corrected chi connectivity index (χ1v) is 6.05. The van der Waals surface area contributed by atoms with E-state index >= 15 is 0 Å². The Morgan fingerprint density at radius 3 is 3.07 bits per heavy atom. The molecule has 3 nitrogen and oxygen atoms in total. The summed E-state index contributed by atoms with van der Waals surface area (Å²) in [5, 5.41) is 7.76. The molecule has 1 aromatic heterocycles. The molecule has 1 saturated carbocycles. The number of aryl methyl sites for hydroxylation is 1. The SMILES string of the molecule is CC(CC1CC1)NCCCn1cccn1. The fraction of sp³-hybridized carbons (Fsp3) is 0.750. The molecule has 1 aliphatic rings. The minimum atomic E-state index is 0.690. The minimum Gasteiger partial charge on any atom is -0.314 e. The number of aromatic nitrogens is 2. The Balaban J connectivity index is 1.50. The van der Waals surface area contributed by atoms with Crippen LogP contribution in [0.2, 0.25) is 0 Å². The first-order valence-electron chi connectivity index (χ1n) is 6.05. The predicted octanol–water partition coefficient (Wildman–Crippen LogP) is 2.05. The van der Waals surface area contributed by atoms with E-state index in [2.05, 4.69) is 17.3 Å². The minimum absolute atomic E-state index is 0.690. The largest absolute Gasteiger partial charge is 0.314 e. The predicted molar refractivity (Wildman–Crippen MR) is 61.6 cm³/mol. The summed E-state index contributed by atoms with van der Waals surface area (Å²) in [6, 6.07) is 2.67. The standard InChI is InChI=1S/C12H21N3/c1-11(10-12-4-5-12)13-6-2-8-15-9-3-7-14-15/h3,7,9,11-13H,2,4-6,8,10H2,1H3. The molecule has 0 amide bonds. The fourth-order valence-corrected chi connectivity index (χ4v) is 1.96. The van der Waals surface area contributed by atoms with Gasteiger partial charge in [0.15, 0.2) is 0 Å². The number of rotatable bonds is 7. The van der Waals surface area contributed by atoms with E-state index in [4.69, 9.17) is 0 Å². The maximum Gasteiger partial charge on any atom is 0.0489 e. The maximum absolute atomic E-state index is 4.18. The Bertz CT molecular complexity index is 264. The summed E-state index contributed by atoms with van der Waals surface area (Å²) in [5.74, 6) is 1.03. The summed E-state index contributed by atoms with van der Waals surface area (Å²) in [6.45, 7) is 4.43. The van der Waals surface area contributed by atoms with Gasteiger partial charge < -0.3 is 5.32 Å². The van der Waals surface area contributed by atoms with Gasteiger partial charge in [0.25, 0.3) is 0 Å². The van der Waals surface area contributed by atoms with Crippen molar-refractivity contribution in [3.63, 3.8) is 0 Å². The molecule has 0 saturated heterocycles. The van der Waals surface area contributed by atoms with Gasteiger partial charge in [0.1, 0.15) is 0 Å². The molecule has 1 unspecified atom stereocenters. The molecule has 1 fully saturated rings. The first kappa shape index (κ1) is 10.7. The lowest BCUT2D eigenvalue weighted by molar-refractivity contribution is 0.462. The molecule has 0 radical (unpaired) electrons. The van der Waals surface area contributed by atoms with Crippen LogP contribution in [0.25, 0.3) is 0 Å². The molecular formula is C12H21N3. The molecule has 1 aromatic rings. The molecule has 1 heterocycles. The van der Waals surface area contributed by atoms with Gasteiger partial charge in [-0.25, -0.2) is 0 Å². The summed E-state index contributed by atoms with van der Waals surface area (Å²) in [6.07, 6.45) is 9.30. The lowest BCUT2D eigenvalue weighted by Gasteiger charge is -2.12. The third-order valence-electron chi connectivity index (χ3n) is 3.00. The molecule has 2 rings (SSSR count). The zero-order valence-corrected chi connectivity index (χ0v) is 9.52. The molecule has 84 valence electrons. The van der Waals surface area contributed by atoms with E-state index in [9.17, 15) is 0 Å². The molecule has 15 heavy (non-hydrogen) atoms. The lowest BCUT2D eigenvalue weighted by Crippen LogP contribution is -2.28. The Hall–Kier alpha value is -0.830. The molecule has 0 spiro atoms. The summed E-state index contributed by atoms with van der Waals surface area (Å²) < 4.78 is 1.99. The van der Waals surface area contributed by atoms with E-state index in [0.717, 1.165) is 25.4 Å². The molecule has 0 bridgehead atoms. The van der Waals surface area contributed by atoms with Crippen LogP contribution in [0.5, 0.6) is 0 Å². The van der Waals surface area contributed by atoms with E-state index in [1.807, 2.05) is 23.1 Å². The maximum atomic E-state index is 4.18. The highest BCUT2D eigenvalue weighted by Crippen LogP contribution is 2.33. The van der Waals surface area contributed by atoms with Crippen LogP contribution >= 0.6 is 0 Å². The Kier molecular flexibility index (Phi) is 3.78. The molecular weight excluding hydrogens is 186 g/mol. The van der Waals surface area contributed by atoms with Gasteiger partial charge >= 0.3 is 0 Å². The molecule has 1 N–H and O–H groups in total. The second kappa shape index (κ2) is 5.31. The van der Waals surface area contributed by atoms with Gasteiger partial charge in [0.2, 0.25) is 0 Å². The lowest BCUT2D eigenvalue weighted by atomic mass is 10.1. The number of nitrogens with one attached hydrogen (secondary N) is 1. The van der Waals surface area contributed by atoms with E-state index in [1.165, 1.54) is 19.3 Å². The number of hydrogen-bond acceptors (Lipinski definition) is 2. The quantitative estimate of drug-likeness (QED) is 0.693. The Morgan fingerprint density at radius 1 is 1.53 bits per heavy atom. The van der Waals surface area contributed by atoms with Gasteiger partial charge in [-0.2, -0.15) is 5.10 Å². The fourth-order valence-electron chi connectivity index (χ4n) is 1.96. The zero-order valence-electron chi connectivity index (χ0n) is 9.52. The molecule has 0 aromatic carbocycles. The second-order valence-electron chi connectivity index (χ2n) is 4.66. The van der Waals surface area contributed by atoms with Crippen molar-refractivity contribution in [3.8, 4) is 0 Å². The average Bonchev–Trinajstić information content (AvgIpc) is 2.87. The number of hydrogen-bond donors (Lipinski definition) is 1. The van der Waals surface area contributed by atoms with Gasteiger partial charge in [-0.15, -0.1) is 0 Å². The van der Waals surface area contributed by atoms with Crippen molar-refractivity contribution < 1.29 is 0 Å². The summed E-state index contributed by atoms with van der Waals surface area (Å²) >= 11 is 0. The topological polar surface area (TPSA) is 29.9 Å². The Labute approximate surface area is 91.9 Å². The van der Waals surface area contributed by atoms with Crippen molar-refractivity contribution in [2.45, 2.75) is 45.2 Å². The normalized spacial score (nSPS) is 17.9. The first-order chi connectivity index (χ1) is 7.34. The van der Waals surface area contributed by atoms with Crippen LogP contribution in [0.1, 0.15) is 32.6 Å². The van der Waals surface area contributed by atoms with Gasteiger partial charge in [-0.05, 0) is 38.3 Å². The van der Waals surface area contributed by atoms with E-state index < -0.39 is 0 Å². The van der Waals surface area contributed by atoms with E-state index in [-0.39, 0.29) is 0 Å². The molecule has 1 aliphatic carbocycles. The van der Waals surface area contributed by atoms with Gasteiger partial charge in [-0.1, -0.05) is 12.8 Å². The summed E-state index contributed by atoms with van der Waals surface area (Å²) in [4.78, 5) is 0. The van der Waals surface area contributed by atoms with Crippen LogP contribution in [0.15, 0.2) is 18.5 Å². The van der Waals surface area contributed by atoms with Crippen LogP contribution in [-0.4, -0.2) is 22.4 Å². The van der Waals surface area contributed by atoms with Gasteiger partial charge in [0, 0.05) is 25.0 Å². The Morgan fingerprint density at radius 2 is 2.40 bits per heavy atom. The van der Waals surface area contributed by atoms with Crippen molar-refractivity contribution in [1.29, 1.82) is 0 Å². The van der Waals surface area contributed by atoms with E-state index in [0.29, 0.717) is 6.04 Å². The zero-order chi connectivity index (χ0) is 10.5. The summed E-state index contributed by atoms with van der Waals surface area (Å²) in [7, 11) is 0. The van der Waals surface area contributed by atoms with Crippen molar-refractivity contribution >= 4 is 0 Å². The third-order valence-corrected chi connectivity index (χ3v) is 3.00. The van der Waals surface area contributed by atoms with Crippen LogP contribution in [-0.2, 0) is 6.54 Å². The van der Waals surface area contributed by atoms with Crippen LogP contribution in [0.4, 0.5) is 0 Å². The van der Waals surface area contributed by atoms with Crippen LogP contribution in [0, 0.1) is 5.92 Å². The average molecular weight is 207 g/mol. The second-order valence-corrected chi connectivity index (χ2v) is 4.66. The highest BCUT2D eigenvalue weighted by molar-refractivity contribution is 4.79. The van der Waals surface area contributed by atoms with Gasteiger partial charge in [-0.3, -0.25) is 4.68 Å². The van der Waals surface area contributed by atoms with Crippen molar-refractivity contribution in [2.75, 3.05) is 6.54 Å². The van der Waals surface area contributed by atoms with Crippen LogP contribution in [0.3, 0.4) is 0 Å². The molecule has 0 aliphatic heterocycles. The van der Waals surface area contributed by atoms with Crippen molar-refractivity contribution in [1.82, 2.24) is 15.1 Å². The van der Waals surface area contributed by atoms with Gasteiger partial charge in [0.05, 0.1) is 0 Å². The molecule has 3 heteroatoms. The van der Waals surface area contributed by atoms with Crippen molar-refractivity contribution in [3.05, 3.63) is 18.5 Å². The summed E-state index contributed by atoms with van der Waals surface area (Å²) in [5.41, 5.74) is 0.